The lowest BCUT2D eigenvalue weighted by Crippen LogP contribution is -2.49. The zero-order valence-corrected chi connectivity index (χ0v) is 13.6. The van der Waals surface area contributed by atoms with Crippen molar-refractivity contribution in [1.82, 2.24) is 14.5 Å². The minimum Gasteiger partial charge on any atom is -0.306 e. The SMILES string of the molecule is O=C1CCC(N2CCC(n3c(=O)[nH]c4ccccc43)CC2)C(F)C1. The highest BCUT2D eigenvalue weighted by Crippen LogP contribution is 2.30. The van der Waals surface area contributed by atoms with E-state index in [1.165, 1.54) is 0 Å². The lowest BCUT2D eigenvalue weighted by atomic mass is 9.89. The van der Waals surface area contributed by atoms with Gasteiger partial charge in [0.2, 0.25) is 0 Å². The van der Waals surface area contributed by atoms with Crippen molar-refractivity contribution < 1.29 is 9.18 Å². The van der Waals surface area contributed by atoms with E-state index >= 15 is 0 Å². The summed E-state index contributed by atoms with van der Waals surface area (Å²) in [5.41, 5.74) is 1.73. The summed E-state index contributed by atoms with van der Waals surface area (Å²) in [5, 5.41) is 0. The smallest absolute Gasteiger partial charge is 0.306 e. The molecule has 2 fully saturated rings. The molecule has 0 bridgehead atoms. The molecule has 2 aromatic rings. The number of hydrogen-bond acceptors (Lipinski definition) is 3. The molecule has 0 amide bonds. The molecule has 1 N–H and O–H groups in total. The minimum absolute atomic E-state index is 0.0407. The highest BCUT2D eigenvalue weighted by molar-refractivity contribution is 5.80. The Morgan fingerprint density at radius 1 is 1.08 bits per heavy atom. The van der Waals surface area contributed by atoms with Crippen LogP contribution in [0.5, 0.6) is 0 Å². The van der Waals surface area contributed by atoms with E-state index in [2.05, 4.69) is 9.88 Å². The first-order valence-corrected chi connectivity index (χ1v) is 8.72. The lowest BCUT2D eigenvalue weighted by molar-refractivity contribution is -0.123. The van der Waals surface area contributed by atoms with Gasteiger partial charge in [-0.2, -0.15) is 0 Å². The third-order valence-electron chi connectivity index (χ3n) is 5.52. The Balaban J connectivity index is 1.49. The van der Waals surface area contributed by atoms with Gasteiger partial charge in [-0.25, -0.2) is 9.18 Å². The molecule has 1 saturated heterocycles. The number of nitrogens with one attached hydrogen (secondary N) is 1. The molecule has 1 saturated carbocycles. The number of alkyl halides is 1. The summed E-state index contributed by atoms with van der Waals surface area (Å²) in [6.07, 6.45) is 1.80. The zero-order chi connectivity index (χ0) is 16.7. The van der Waals surface area contributed by atoms with E-state index in [4.69, 9.17) is 0 Å². The summed E-state index contributed by atoms with van der Waals surface area (Å²) in [4.78, 5) is 28.8. The molecule has 2 unspecified atom stereocenters. The molecule has 128 valence electrons. The van der Waals surface area contributed by atoms with Gasteiger partial charge in [0.05, 0.1) is 11.0 Å². The van der Waals surface area contributed by atoms with Gasteiger partial charge in [-0.05, 0) is 31.4 Å². The van der Waals surface area contributed by atoms with E-state index < -0.39 is 6.17 Å². The number of halogens is 1. The molecular weight excluding hydrogens is 309 g/mol. The van der Waals surface area contributed by atoms with Crippen LogP contribution in [0, 0.1) is 0 Å². The van der Waals surface area contributed by atoms with E-state index in [1.54, 1.807) is 0 Å². The molecule has 2 aliphatic rings. The third-order valence-corrected chi connectivity index (χ3v) is 5.52. The van der Waals surface area contributed by atoms with Crippen LogP contribution < -0.4 is 5.69 Å². The predicted molar refractivity (Wildman–Crippen MR) is 89.9 cm³/mol. The fraction of sp³-hybridized carbons (Fsp3) is 0.556. The van der Waals surface area contributed by atoms with Crippen LogP contribution >= 0.6 is 0 Å². The molecule has 2 atom stereocenters. The summed E-state index contributed by atoms with van der Waals surface area (Å²) < 4.78 is 16.1. The number of carbonyl (C=O) groups is 1. The van der Waals surface area contributed by atoms with Crippen LogP contribution in [0.3, 0.4) is 0 Å². The van der Waals surface area contributed by atoms with Crippen molar-refractivity contribution in [3.63, 3.8) is 0 Å². The van der Waals surface area contributed by atoms with Crippen LogP contribution in [-0.4, -0.2) is 45.5 Å². The number of piperidine rings is 1. The van der Waals surface area contributed by atoms with E-state index in [0.717, 1.165) is 37.0 Å². The van der Waals surface area contributed by atoms with Gasteiger partial charge in [0.25, 0.3) is 0 Å². The van der Waals surface area contributed by atoms with Crippen molar-refractivity contribution in [1.29, 1.82) is 0 Å². The van der Waals surface area contributed by atoms with Crippen LogP contribution in [0.1, 0.15) is 38.1 Å². The third kappa shape index (κ3) is 2.69. The number of carbonyl (C=O) groups excluding carboxylic acids is 1. The fourth-order valence-electron chi connectivity index (χ4n) is 4.27. The Kier molecular flexibility index (Phi) is 4.00. The number of aromatic amines is 1. The van der Waals surface area contributed by atoms with E-state index in [0.29, 0.717) is 12.8 Å². The Morgan fingerprint density at radius 3 is 2.58 bits per heavy atom. The van der Waals surface area contributed by atoms with Gasteiger partial charge in [0, 0.05) is 38.0 Å². The number of ketones is 1. The van der Waals surface area contributed by atoms with Crippen LogP contribution in [0.2, 0.25) is 0 Å². The molecule has 6 heteroatoms. The van der Waals surface area contributed by atoms with Crippen molar-refractivity contribution in [3.8, 4) is 0 Å². The largest absolute Gasteiger partial charge is 0.326 e. The first-order valence-electron chi connectivity index (χ1n) is 8.72. The number of benzene rings is 1. The quantitative estimate of drug-likeness (QED) is 0.919. The maximum absolute atomic E-state index is 14.2. The number of nitrogens with zero attached hydrogens (tertiary/aromatic N) is 2. The number of fused-ring (bicyclic) bond motifs is 1. The second-order valence-electron chi connectivity index (χ2n) is 6.95. The maximum Gasteiger partial charge on any atom is 0.326 e. The molecular formula is C18H22FN3O2. The molecule has 1 aliphatic heterocycles. The van der Waals surface area contributed by atoms with Crippen LogP contribution in [0.25, 0.3) is 11.0 Å². The highest BCUT2D eigenvalue weighted by atomic mass is 19.1. The topological polar surface area (TPSA) is 58.1 Å². The Hall–Kier alpha value is -1.95. The van der Waals surface area contributed by atoms with Crippen molar-refractivity contribution in [3.05, 3.63) is 34.7 Å². The van der Waals surface area contributed by atoms with Gasteiger partial charge in [-0.15, -0.1) is 0 Å². The highest BCUT2D eigenvalue weighted by Gasteiger charge is 2.35. The average molecular weight is 331 g/mol. The molecule has 1 aromatic heterocycles. The molecule has 24 heavy (non-hydrogen) atoms. The molecule has 1 aliphatic carbocycles. The number of imidazole rings is 1. The van der Waals surface area contributed by atoms with Crippen molar-refractivity contribution in [2.75, 3.05) is 13.1 Å². The predicted octanol–water partition coefficient (Wildman–Crippen LogP) is 2.43. The van der Waals surface area contributed by atoms with E-state index in [1.807, 2.05) is 28.8 Å². The van der Waals surface area contributed by atoms with Crippen LogP contribution in [0.15, 0.2) is 29.1 Å². The van der Waals surface area contributed by atoms with Gasteiger partial charge in [0.1, 0.15) is 12.0 Å². The summed E-state index contributed by atoms with van der Waals surface area (Å²) in [5.74, 6) is 0.0407. The lowest BCUT2D eigenvalue weighted by Gasteiger charge is -2.40. The second-order valence-corrected chi connectivity index (χ2v) is 6.95. The second kappa shape index (κ2) is 6.16. The fourth-order valence-corrected chi connectivity index (χ4v) is 4.27. The summed E-state index contributed by atoms with van der Waals surface area (Å²) in [6.45, 7) is 1.55. The Labute approximate surface area is 139 Å². The summed E-state index contributed by atoms with van der Waals surface area (Å²) in [7, 11) is 0. The summed E-state index contributed by atoms with van der Waals surface area (Å²) >= 11 is 0. The minimum atomic E-state index is -1.04. The molecule has 4 rings (SSSR count). The standard InChI is InChI=1S/C18H22FN3O2/c19-14-11-13(23)5-6-16(14)21-9-7-12(8-10-21)22-17-4-2-1-3-15(17)20-18(22)24/h1-4,12,14,16H,5-11H2,(H,20,24). The van der Waals surface area contributed by atoms with Crippen molar-refractivity contribution in [2.24, 2.45) is 0 Å². The number of para-hydroxylation sites is 2. The molecule has 0 radical (unpaired) electrons. The first kappa shape index (κ1) is 15.6. The number of aromatic nitrogens is 2. The van der Waals surface area contributed by atoms with Crippen molar-refractivity contribution in [2.45, 2.75) is 50.4 Å². The summed E-state index contributed by atoms with van der Waals surface area (Å²) in [6, 6.07) is 7.74. The number of likely N-dealkylation sites (tertiary alicyclic amines) is 1. The molecule has 0 spiro atoms. The number of Topliss-reactive ketones (excluding diaryl/α,β-unsaturated/α-hetero) is 1. The van der Waals surface area contributed by atoms with E-state index in [9.17, 15) is 14.0 Å². The maximum atomic E-state index is 14.2. The first-order chi connectivity index (χ1) is 11.6. The normalized spacial score (nSPS) is 27.0. The van der Waals surface area contributed by atoms with Gasteiger partial charge >= 0.3 is 5.69 Å². The van der Waals surface area contributed by atoms with E-state index in [-0.39, 0.29) is 30.0 Å². The monoisotopic (exact) mass is 331 g/mol. The van der Waals surface area contributed by atoms with Gasteiger partial charge < -0.3 is 4.98 Å². The number of H-pyrrole nitrogens is 1. The van der Waals surface area contributed by atoms with Gasteiger partial charge in [-0.3, -0.25) is 14.3 Å². The Bertz CT molecular complexity index is 804. The Morgan fingerprint density at radius 2 is 1.83 bits per heavy atom. The zero-order valence-electron chi connectivity index (χ0n) is 13.6. The number of hydrogen-bond donors (Lipinski definition) is 1. The molecule has 1 aromatic carbocycles. The van der Waals surface area contributed by atoms with Gasteiger partial charge in [-0.1, -0.05) is 12.1 Å². The molecule has 2 heterocycles. The average Bonchev–Trinajstić information content (AvgIpc) is 2.91. The van der Waals surface area contributed by atoms with Crippen LogP contribution in [-0.2, 0) is 4.79 Å². The van der Waals surface area contributed by atoms with Crippen LogP contribution in [0.4, 0.5) is 4.39 Å². The number of rotatable bonds is 2. The van der Waals surface area contributed by atoms with Gasteiger partial charge in [0.15, 0.2) is 0 Å². The molecule has 5 nitrogen and oxygen atoms in total. The van der Waals surface area contributed by atoms with Crippen molar-refractivity contribution >= 4 is 16.8 Å².